The standard InChI is InChI=1S/C28H45N3O3/c1-25(2,3)34-23(32)19-30-21-27(31(24(30)33)20-26(4)13-10-14-26)15-17-28(18-16-27,29(5)6)22-11-8-7-9-12-22/h7-9,11-12,23,32H,10,13-21H2,1-6H3/t23?,27-,28+. The first kappa shape index (κ1) is 25.5. The summed E-state index contributed by atoms with van der Waals surface area (Å²) in [5, 5.41) is 10.6. The molecule has 1 saturated heterocycles. The predicted molar refractivity (Wildman–Crippen MR) is 135 cm³/mol. The van der Waals surface area contributed by atoms with E-state index in [0.717, 1.165) is 32.2 Å². The fourth-order valence-corrected chi connectivity index (χ4v) is 6.51. The highest BCUT2D eigenvalue weighted by atomic mass is 16.6. The van der Waals surface area contributed by atoms with Crippen molar-refractivity contribution in [3.8, 4) is 0 Å². The molecule has 34 heavy (non-hydrogen) atoms. The van der Waals surface area contributed by atoms with Crippen LogP contribution in [0.2, 0.25) is 0 Å². The molecule has 2 aliphatic carbocycles. The lowest BCUT2D eigenvalue weighted by Crippen LogP contribution is -2.57. The highest BCUT2D eigenvalue weighted by Gasteiger charge is 2.56. The zero-order valence-corrected chi connectivity index (χ0v) is 22.1. The zero-order chi connectivity index (χ0) is 24.8. The second-order valence-corrected chi connectivity index (χ2v) is 12.6. The third-order valence-electron chi connectivity index (χ3n) is 8.70. The largest absolute Gasteiger partial charge is 0.366 e. The van der Waals surface area contributed by atoms with Crippen LogP contribution in [-0.2, 0) is 10.3 Å². The maximum atomic E-state index is 13.7. The lowest BCUT2D eigenvalue weighted by molar-refractivity contribution is -0.170. The molecule has 3 aliphatic rings. The number of ether oxygens (including phenoxy) is 1. The monoisotopic (exact) mass is 471 g/mol. The number of hydrogen-bond donors (Lipinski definition) is 1. The van der Waals surface area contributed by atoms with Gasteiger partial charge in [-0.05, 0) is 84.4 Å². The molecule has 4 rings (SSSR count). The fourth-order valence-electron chi connectivity index (χ4n) is 6.51. The molecule has 6 heteroatoms. The molecule has 3 fully saturated rings. The van der Waals surface area contributed by atoms with Crippen molar-refractivity contribution in [2.24, 2.45) is 5.41 Å². The third-order valence-corrected chi connectivity index (χ3v) is 8.70. The van der Waals surface area contributed by atoms with Crippen molar-refractivity contribution >= 4 is 6.03 Å². The van der Waals surface area contributed by atoms with Gasteiger partial charge in [-0.1, -0.05) is 43.7 Å². The van der Waals surface area contributed by atoms with Gasteiger partial charge in [-0.25, -0.2) is 4.79 Å². The van der Waals surface area contributed by atoms with Crippen LogP contribution in [0, 0.1) is 5.41 Å². The molecule has 2 saturated carbocycles. The quantitative estimate of drug-likeness (QED) is 0.580. The average molecular weight is 472 g/mol. The van der Waals surface area contributed by atoms with Crippen LogP contribution >= 0.6 is 0 Å². The first-order chi connectivity index (χ1) is 15.9. The number of benzene rings is 1. The van der Waals surface area contributed by atoms with Gasteiger partial charge in [0, 0.05) is 18.6 Å². The summed E-state index contributed by atoms with van der Waals surface area (Å²) in [6.07, 6.45) is 6.62. The van der Waals surface area contributed by atoms with E-state index in [1.54, 1.807) is 0 Å². The lowest BCUT2D eigenvalue weighted by Gasteiger charge is -2.53. The number of urea groups is 1. The van der Waals surface area contributed by atoms with E-state index in [1.807, 2.05) is 25.7 Å². The Hall–Kier alpha value is -1.63. The van der Waals surface area contributed by atoms with Crippen LogP contribution in [0.3, 0.4) is 0 Å². The summed E-state index contributed by atoms with van der Waals surface area (Å²) in [6.45, 7) is 9.83. The van der Waals surface area contributed by atoms with Crippen LogP contribution in [-0.4, -0.2) is 77.0 Å². The van der Waals surface area contributed by atoms with Gasteiger partial charge in [0.05, 0.1) is 17.7 Å². The summed E-state index contributed by atoms with van der Waals surface area (Å²) in [6, 6.07) is 10.9. The Labute approximate surface area is 206 Å². The molecule has 0 aromatic heterocycles. The lowest BCUT2D eigenvalue weighted by atomic mass is 9.66. The average Bonchev–Trinajstić information content (AvgIpc) is 2.97. The summed E-state index contributed by atoms with van der Waals surface area (Å²) in [4.78, 5) is 20.2. The van der Waals surface area contributed by atoms with Crippen LogP contribution in [0.4, 0.5) is 4.79 Å². The van der Waals surface area contributed by atoms with E-state index in [0.29, 0.717) is 6.54 Å². The maximum Gasteiger partial charge on any atom is 0.320 e. The predicted octanol–water partition coefficient (Wildman–Crippen LogP) is 4.82. The van der Waals surface area contributed by atoms with Crippen LogP contribution in [0.25, 0.3) is 0 Å². The van der Waals surface area contributed by atoms with Gasteiger partial charge in [0.2, 0.25) is 0 Å². The van der Waals surface area contributed by atoms with Gasteiger partial charge in [-0.3, -0.25) is 4.90 Å². The van der Waals surface area contributed by atoms with Gasteiger partial charge in [-0.15, -0.1) is 0 Å². The van der Waals surface area contributed by atoms with E-state index in [9.17, 15) is 9.90 Å². The smallest absolute Gasteiger partial charge is 0.320 e. The second-order valence-electron chi connectivity index (χ2n) is 12.6. The molecule has 1 unspecified atom stereocenters. The van der Waals surface area contributed by atoms with E-state index in [-0.39, 0.29) is 29.1 Å². The molecule has 1 N–H and O–H groups in total. The van der Waals surface area contributed by atoms with Crippen LogP contribution < -0.4 is 0 Å². The molecule has 1 heterocycles. The van der Waals surface area contributed by atoms with Crippen LogP contribution in [0.15, 0.2) is 30.3 Å². The van der Waals surface area contributed by atoms with E-state index >= 15 is 0 Å². The van der Waals surface area contributed by atoms with Crippen molar-refractivity contribution < 1.29 is 14.6 Å². The minimum Gasteiger partial charge on any atom is -0.366 e. The van der Waals surface area contributed by atoms with Crippen molar-refractivity contribution in [3.63, 3.8) is 0 Å². The van der Waals surface area contributed by atoms with E-state index in [2.05, 4.69) is 61.2 Å². The van der Waals surface area contributed by atoms with Gasteiger partial charge in [0.25, 0.3) is 0 Å². The van der Waals surface area contributed by atoms with Crippen molar-refractivity contribution in [2.45, 2.75) is 95.6 Å². The summed E-state index contributed by atoms with van der Waals surface area (Å²) in [5.74, 6) is 0. The highest BCUT2D eigenvalue weighted by Crippen LogP contribution is 2.51. The molecule has 1 aromatic rings. The van der Waals surface area contributed by atoms with Gasteiger partial charge in [0.1, 0.15) is 0 Å². The molecule has 190 valence electrons. The number of carbonyl (C=O) groups is 1. The summed E-state index contributed by atoms with van der Waals surface area (Å²) in [7, 11) is 4.37. The Bertz CT molecular complexity index is 851. The van der Waals surface area contributed by atoms with Crippen molar-refractivity contribution in [1.82, 2.24) is 14.7 Å². The number of β-amino-alcohol motifs (C(OH)–C–C–N with tert-alkyl or cyclic N) is 1. The summed E-state index contributed by atoms with van der Waals surface area (Å²) >= 11 is 0. The van der Waals surface area contributed by atoms with Crippen molar-refractivity contribution in [1.29, 1.82) is 0 Å². The molecule has 1 aromatic carbocycles. The number of amides is 2. The molecule has 2 amide bonds. The minimum atomic E-state index is -0.978. The third kappa shape index (κ3) is 4.87. The molecule has 1 spiro atoms. The van der Waals surface area contributed by atoms with E-state index in [1.165, 1.54) is 24.8 Å². The summed E-state index contributed by atoms with van der Waals surface area (Å²) < 4.78 is 5.75. The van der Waals surface area contributed by atoms with Gasteiger partial charge < -0.3 is 19.6 Å². The van der Waals surface area contributed by atoms with Crippen molar-refractivity contribution in [3.05, 3.63) is 35.9 Å². The zero-order valence-electron chi connectivity index (χ0n) is 22.1. The molecule has 1 atom stereocenters. The highest BCUT2D eigenvalue weighted by molar-refractivity contribution is 5.78. The Morgan fingerprint density at radius 3 is 2.18 bits per heavy atom. The minimum absolute atomic E-state index is 0.0100. The number of aliphatic hydroxyl groups excluding tert-OH is 1. The maximum absolute atomic E-state index is 13.7. The number of nitrogens with zero attached hydrogens (tertiary/aromatic N) is 3. The topological polar surface area (TPSA) is 56.2 Å². The molecular weight excluding hydrogens is 426 g/mol. The Morgan fingerprint density at radius 2 is 1.68 bits per heavy atom. The van der Waals surface area contributed by atoms with Gasteiger partial charge in [0.15, 0.2) is 6.29 Å². The summed E-state index contributed by atoms with van der Waals surface area (Å²) in [5.41, 5.74) is 0.942. The number of rotatable bonds is 7. The van der Waals surface area contributed by atoms with Gasteiger partial charge in [-0.2, -0.15) is 0 Å². The number of hydrogen-bond acceptors (Lipinski definition) is 4. The molecule has 0 radical (unpaired) electrons. The normalized spacial score (nSPS) is 30.2. The first-order valence-electron chi connectivity index (χ1n) is 13.0. The Kier molecular flexibility index (Phi) is 6.82. The number of carbonyl (C=O) groups excluding carboxylic acids is 1. The molecule has 6 nitrogen and oxygen atoms in total. The van der Waals surface area contributed by atoms with E-state index in [4.69, 9.17) is 4.74 Å². The molecule has 0 bridgehead atoms. The molecular formula is C28H45N3O3. The number of aliphatic hydroxyl groups is 1. The van der Waals surface area contributed by atoms with E-state index < -0.39 is 11.9 Å². The van der Waals surface area contributed by atoms with Gasteiger partial charge >= 0.3 is 6.03 Å². The first-order valence-corrected chi connectivity index (χ1v) is 13.0. The second kappa shape index (κ2) is 9.11. The Morgan fingerprint density at radius 1 is 1.06 bits per heavy atom. The van der Waals surface area contributed by atoms with Crippen LogP contribution in [0.5, 0.6) is 0 Å². The van der Waals surface area contributed by atoms with Crippen LogP contribution in [0.1, 0.15) is 78.2 Å². The van der Waals surface area contributed by atoms with Crippen molar-refractivity contribution in [2.75, 3.05) is 33.7 Å². The fraction of sp³-hybridized carbons (Fsp3) is 0.750. The Balaban J connectivity index is 1.57. The SMILES string of the molecule is CN(C)[C@]1(c2ccccc2)CC[C@]2(CC1)CN(CC(O)OC(C)(C)C)C(=O)N2CC1(C)CCC1. The molecule has 1 aliphatic heterocycles.